The lowest BCUT2D eigenvalue weighted by molar-refractivity contribution is -0.163. The highest BCUT2D eigenvalue weighted by Crippen LogP contribution is 2.52. The number of nitrogens with zero attached hydrogens (tertiary/aromatic N) is 5. The largest absolute Gasteiger partial charge is 0.394 e. The van der Waals surface area contributed by atoms with Gasteiger partial charge in [-0.1, -0.05) is 91.8 Å². The summed E-state index contributed by atoms with van der Waals surface area (Å²) < 4.78 is 15.0. The fraction of sp³-hybridized carbons (Fsp3) is 0.400. The summed E-state index contributed by atoms with van der Waals surface area (Å²) in [5, 5.41) is 23.9. The lowest BCUT2D eigenvalue weighted by Crippen LogP contribution is -2.69. The smallest absolute Gasteiger partial charge is 0.280 e. The predicted octanol–water partition coefficient (Wildman–Crippen LogP) is 0.758. The van der Waals surface area contributed by atoms with Gasteiger partial charge in [-0.15, -0.1) is 0 Å². The summed E-state index contributed by atoms with van der Waals surface area (Å²) in [7, 11) is 2.48. The number of benzene rings is 2. The number of aliphatic hydroxyl groups excluding tert-OH is 1. The standard InChI is InChI=1S/C30H38N6O5Si/c1-28(2,3)29(39)22(17-37)41-30(26(29)40-6,42(20-13-9-7-10-14-20)21-15-11-8-12-16-21)36-19-31-23-24(36)33-27(34-25(23)38)32-18-35(4)5/h7-16,18-19,22,26,37,39,42H,17H2,1-6H3,(H,33,34,38)/t22-,26-,29-,30+/m1/s1. The Hall–Kier alpha value is -3.68. The molecule has 1 fully saturated rings. The highest BCUT2D eigenvalue weighted by Gasteiger charge is 2.71. The molecule has 0 unspecified atom stereocenters. The van der Waals surface area contributed by atoms with E-state index in [-0.39, 0.29) is 17.1 Å². The van der Waals surface area contributed by atoms with Crippen LogP contribution in [0.1, 0.15) is 20.8 Å². The molecule has 0 spiro atoms. The SMILES string of the molecule is CO[C@@H]1[C@@](O)(C(C)(C)C)[C@@H](CO)O[C@]1(n1cnc2c(=O)[nH]c(N=CN(C)C)nc21)[SiH](c1ccccc1)c1ccccc1. The Bertz CT molecular complexity index is 1580. The van der Waals surface area contributed by atoms with Crippen molar-refractivity contribution >= 4 is 42.6 Å². The Labute approximate surface area is 246 Å². The van der Waals surface area contributed by atoms with Gasteiger partial charge in [0.2, 0.25) is 5.95 Å². The maximum atomic E-state index is 13.2. The Morgan fingerprint density at radius 3 is 2.24 bits per heavy atom. The first kappa shape index (κ1) is 29.8. The Balaban J connectivity index is 1.92. The molecule has 0 aliphatic carbocycles. The second-order valence-electron chi connectivity index (χ2n) is 11.9. The molecule has 12 heteroatoms. The van der Waals surface area contributed by atoms with Crippen LogP contribution in [0.25, 0.3) is 11.2 Å². The molecule has 4 atom stereocenters. The van der Waals surface area contributed by atoms with E-state index in [1.807, 2.05) is 95.5 Å². The molecule has 0 bridgehead atoms. The van der Waals surface area contributed by atoms with Crippen LogP contribution < -0.4 is 15.9 Å². The second kappa shape index (κ2) is 11.2. The Kier molecular flexibility index (Phi) is 7.94. The summed E-state index contributed by atoms with van der Waals surface area (Å²) in [5.74, 6) is 0.0903. The van der Waals surface area contributed by atoms with Crippen LogP contribution in [-0.4, -0.2) is 95.4 Å². The number of aromatic amines is 1. The first-order valence-electron chi connectivity index (χ1n) is 13.8. The van der Waals surface area contributed by atoms with Gasteiger partial charge in [-0.25, -0.2) is 9.98 Å². The third-order valence-corrected chi connectivity index (χ3v) is 11.7. The van der Waals surface area contributed by atoms with Crippen molar-refractivity contribution in [3.8, 4) is 0 Å². The van der Waals surface area contributed by atoms with Gasteiger partial charge in [0.25, 0.3) is 5.56 Å². The number of fused-ring (bicyclic) bond motifs is 1. The van der Waals surface area contributed by atoms with Crippen LogP contribution in [0.4, 0.5) is 5.95 Å². The minimum atomic E-state index is -2.68. The van der Waals surface area contributed by atoms with E-state index >= 15 is 0 Å². The molecular weight excluding hydrogens is 552 g/mol. The summed E-state index contributed by atoms with van der Waals surface area (Å²) in [6.07, 6.45) is 1.02. The number of hydrogen-bond donors (Lipinski definition) is 3. The van der Waals surface area contributed by atoms with Crippen LogP contribution in [0.5, 0.6) is 0 Å². The number of imidazole rings is 1. The van der Waals surface area contributed by atoms with E-state index in [0.29, 0.717) is 0 Å². The van der Waals surface area contributed by atoms with Gasteiger partial charge in [0, 0.05) is 21.2 Å². The minimum Gasteiger partial charge on any atom is -0.394 e. The second-order valence-corrected chi connectivity index (χ2v) is 14.9. The number of hydrogen-bond acceptors (Lipinski definition) is 8. The molecule has 5 rings (SSSR count). The molecule has 0 amide bonds. The number of H-pyrrole nitrogens is 1. The number of methoxy groups -OCH3 is 1. The molecule has 42 heavy (non-hydrogen) atoms. The van der Waals surface area contributed by atoms with Gasteiger partial charge in [0.05, 0.1) is 19.3 Å². The molecule has 1 aliphatic rings. The van der Waals surface area contributed by atoms with Crippen molar-refractivity contribution in [1.82, 2.24) is 24.4 Å². The zero-order valence-electron chi connectivity index (χ0n) is 24.7. The maximum absolute atomic E-state index is 13.2. The van der Waals surface area contributed by atoms with Gasteiger partial charge in [-0.05, 0) is 5.41 Å². The van der Waals surface area contributed by atoms with Crippen LogP contribution in [-0.2, 0) is 14.8 Å². The van der Waals surface area contributed by atoms with Crippen LogP contribution in [0.3, 0.4) is 0 Å². The molecular formula is C30H38N6O5Si. The van der Waals surface area contributed by atoms with Gasteiger partial charge < -0.3 is 24.6 Å². The van der Waals surface area contributed by atoms with Crippen LogP contribution in [0, 0.1) is 5.41 Å². The van der Waals surface area contributed by atoms with E-state index in [4.69, 9.17) is 14.5 Å². The van der Waals surface area contributed by atoms with Crippen molar-refractivity contribution in [3.05, 3.63) is 77.3 Å². The zero-order chi connectivity index (χ0) is 30.3. The summed E-state index contributed by atoms with van der Waals surface area (Å²) in [4.78, 5) is 31.2. The van der Waals surface area contributed by atoms with E-state index in [0.717, 1.165) is 10.4 Å². The van der Waals surface area contributed by atoms with Crippen molar-refractivity contribution < 1.29 is 19.7 Å². The normalized spacial score (nSPS) is 24.7. The predicted molar refractivity (Wildman–Crippen MR) is 164 cm³/mol. The highest BCUT2D eigenvalue weighted by atomic mass is 28.3. The number of aliphatic imine (C=N–C) groups is 1. The first-order valence-corrected chi connectivity index (χ1v) is 15.5. The molecule has 3 heterocycles. The summed E-state index contributed by atoms with van der Waals surface area (Å²) in [6, 6.07) is 19.9. The minimum absolute atomic E-state index is 0.0903. The average molecular weight is 591 g/mol. The van der Waals surface area contributed by atoms with Crippen molar-refractivity contribution in [2.24, 2.45) is 10.4 Å². The van der Waals surface area contributed by atoms with E-state index in [1.165, 1.54) is 19.8 Å². The molecule has 1 saturated heterocycles. The van der Waals surface area contributed by atoms with Gasteiger partial charge in [0.1, 0.15) is 17.8 Å². The molecule has 4 aromatic rings. The third-order valence-electron chi connectivity index (χ3n) is 8.06. The van der Waals surface area contributed by atoms with Crippen molar-refractivity contribution in [3.63, 3.8) is 0 Å². The number of aliphatic hydroxyl groups is 2. The third kappa shape index (κ3) is 4.69. The van der Waals surface area contributed by atoms with E-state index in [9.17, 15) is 15.0 Å². The molecule has 1 aliphatic heterocycles. The van der Waals surface area contributed by atoms with Crippen LogP contribution in [0.15, 0.2) is 76.8 Å². The van der Waals surface area contributed by atoms with Gasteiger partial charge in [0.15, 0.2) is 25.3 Å². The Morgan fingerprint density at radius 2 is 1.74 bits per heavy atom. The van der Waals surface area contributed by atoms with Gasteiger partial charge in [-0.2, -0.15) is 4.98 Å². The monoisotopic (exact) mass is 590 g/mol. The number of rotatable bonds is 8. The van der Waals surface area contributed by atoms with Crippen LogP contribution in [0.2, 0.25) is 0 Å². The number of nitrogens with one attached hydrogen (secondary N) is 1. The van der Waals surface area contributed by atoms with Crippen molar-refractivity contribution in [2.45, 2.75) is 43.9 Å². The maximum Gasteiger partial charge on any atom is 0.280 e. The van der Waals surface area contributed by atoms with Crippen molar-refractivity contribution in [1.29, 1.82) is 0 Å². The van der Waals surface area contributed by atoms with Gasteiger partial charge >= 0.3 is 0 Å². The Morgan fingerprint density at radius 1 is 1.14 bits per heavy atom. The lowest BCUT2D eigenvalue weighted by atomic mass is 9.70. The van der Waals surface area contributed by atoms with Gasteiger partial charge in [-0.3, -0.25) is 14.3 Å². The molecule has 11 nitrogen and oxygen atoms in total. The molecule has 3 N–H and O–H groups in total. The van der Waals surface area contributed by atoms with E-state index in [1.54, 1.807) is 9.47 Å². The zero-order valence-corrected chi connectivity index (χ0v) is 25.9. The van der Waals surface area contributed by atoms with Crippen molar-refractivity contribution in [2.75, 3.05) is 27.8 Å². The molecule has 0 radical (unpaired) electrons. The highest BCUT2D eigenvalue weighted by molar-refractivity contribution is 6.86. The fourth-order valence-electron chi connectivity index (χ4n) is 6.15. The first-order chi connectivity index (χ1) is 20.0. The van der Waals surface area contributed by atoms with E-state index in [2.05, 4.69) is 15.0 Å². The molecule has 2 aromatic carbocycles. The van der Waals surface area contributed by atoms with Crippen LogP contribution >= 0.6 is 0 Å². The van der Waals surface area contributed by atoms with E-state index < -0.39 is 49.5 Å². The number of aromatic nitrogens is 4. The fourth-order valence-corrected chi connectivity index (χ4v) is 10.2. The molecule has 222 valence electrons. The summed E-state index contributed by atoms with van der Waals surface area (Å²) in [6.45, 7) is 5.22. The number of ether oxygens (including phenoxy) is 2. The molecule has 2 aromatic heterocycles. The quantitative estimate of drug-likeness (QED) is 0.155. The lowest BCUT2D eigenvalue weighted by Gasteiger charge is -2.47. The summed E-state index contributed by atoms with van der Waals surface area (Å²) in [5.41, 5.74) is -2.59. The summed E-state index contributed by atoms with van der Waals surface area (Å²) >= 11 is 0. The molecule has 0 saturated carbocycles. The topological polar surface area (TPSA) is 138 Å². The average Bonchev–Trinajstić information content (AvgIpc) is 3.51.